The molecule has 0 amide bonds. The Morgan fingerprint density at radius 2 is 1.84 bits per heavy atom. The fourth-order valence-corrected chi connectivity index (χ4v) is 3.76. The average molecular weight is 257 g/mol. The van der Waals surface area contributed by atoms with E-state index in [1.165, 1.54) is 36.0 Å². The number of rotatable bonds is 4. The second-order valence-electron chi connectivity index (χ2n) is 6.25. The Labute approximate surface area is 115 Å². The van der Waals surface area contributed by atoms with Crippen molar-refractivity contribution in [2.24, 2.45) is 11.1 Å². The van der Waals surface area contributed by atoms with E-state index in [4.69, 9.17) is 5.73 Å². The van der Waals surface area contributed by atoms with Gasteiger partial charge in [-0.15, -0.1) is 0 Å². The van der Waals surface area contributed by atoms with E-state index in [0.717, 1.165) is 25.7 Å². The molecule has 0 spiro atoms. The number of hydrogen-bond acceptors (Lipinski definition) is 2. The highest BCUT2D eigenvalue weighted by atomic mass is 16.1. The van der Waals surface area contributed by atoms with Gasteiger partial charge >= 0.3 is 0 Å². The molecule has 2 N–H and O–H groups in total. The largest absolute Gasteiger partial charge is 0.329 e. The molecule has 0 saturated heterocycles. The molecule has 0 aliphatic heterocycles. The van der Waals surface area contributed by atoms with Gasteiger partial charge in [-0.2, -0.15) is 0 Å². The van der Waals surface area contributed by atoms with Crippen molar-refractivity contribution >= 4 is 5.78 Å². The maximum Gasteiger partial charge on any atom is 0.144 e. The van der Waals surface area contributed by atoms with Crippen molar-refractivity contribution in [3.8, 4) is 0 Å². The molecule has 0 bridgehead atoms. The lowest BCUT2D eigenvalue weighted by Gasteiger charge is -2.25. The van der Waals surface area contributed by atoms with Gasteiger partial charge in [0.15, 0.2) is 0 Å². The van der Waals surface area contributed by atoms with Gasteiger partial charge in [-0.05, 0) is 48.8 Å². The van der Waals surface area contributed by atoms with E-state index in [1.807, 2.05) is 0 Å². The molecule has 2 heteroatoms. The molecule has 1 aromatic carbocycles. The third kappa shape index (κ3) is 2.34. The lowest BCUT2D eigenvalue weighted by atomic mass is 9.79. The van der Waals surface area contributed by atoms with Gasteiger partial charge in [0.2, 0.25) is 0 Å². The quantitative estimate of drug-likeness (QED) is 0.901. The molecular formula is C17H23NO. The highest BCUT2D eigenvalue weighted by molar-refractivity contribution is 5.87. The second kappa shape index (κ2) is 5.09. The summed E-state index contributed by atoms with van der Waals surface area (Å²) in [6.45, 7) is 0.525. The van der Waals surface area contributed by atoms with Crippen LogP contribution >= 0.6 is 0 Å². The van der Waals surface area contributed by atoms with Crippen LogP contribution in [0.3, 0.4) is 0 Å². The number of ketones is 1. The molecule has 102 valence electrons. The van der Waals surface area contributed by atoms with Crippen molar-refractivity contribution in [3.63, 3.8) is 0 Å². The third-order valence-corrected chi connectivity index (χ3v) is 5.07. The van der Waals surface area contributed by atoms with Crippen LogP contribution in [0.1, 0.15) is 48.8 Å². The summed E-state index contributed by atoms with van der Waals surface area (Å²) in [4.78, 5) is 12.6. The van der Waals surface area contributed by atoms with Crippen LogP contribution in [0.15, 0.2) is 18.2 Å². The van der Waals surface area contributed by atoms with Crippen molar-refractivity contribution in [2.75, 3.05) is 6.54 Å². The van der Waals surface area contributed by atoms with E-state index in [9.17, 15) is 4.79 Å². The minimum Gasteiger partial charge on any atom is -0.329 e. The van der Waals surface area contributed by atoms with Crippen LogP contribution in [-0.2, 0) is 24.1 Å². The highest BCUT2D eigenvalue weighted by Gasteiger charge is 2.39. The number of carbonyl (C=O) groups is 1. The molecule has 1 saturated carbocycles. The lowest BCUT2D eigenvalue weighted by molar-refractivity contribution is -0.127. The number of benzene rings is 1. The smallest absolute Gasteiger partial charge is 0.144 e. The summed E-state index contributed by atoms with van der Waals surface area (Å²) in [7, 11) is 0. The zero-order valence-electron chi connectivity index (χ0n) is 11.6. The summed E-state index contributed by atoms with van der Waals surface area (Å²) in [5.41, 5.74) is 9.80. The summed E-state index contributed by atoms with van der Waals surface area (Å²) in [5, 5.41) is 0. The minimum atomic E-state index is -0.209. The van der Waals surface area contributed by atoms with Gasteiger partial charge in [-0.1, -0.05) is 31.0 Å². The number of Topliss-reactive ketones (excluding diaryl/α,β-unsaturated/α-hetero) is 1. The molecule has 3 rings (SSSR count). The second-order valence-corrected chi connectivity index (χ2v) is 6.25. The Bertz CT molecular complexity index is 486. The van der Waals surface area contributed by atoms with E-state index < -0.39 is 0 Å². The van der Waals surface area contributed by atoms with E-state index in [1.54, 1.807) is 0 Å². The van der Waals surface area contributed by atoms with Gasteiger partial charge in [0.25, 0.3) is 0 Å². The van der Waals surface area contributed by atoms with Crippen molar-refractivity contribution < 1.29 is 4.79 Å². The minimum absolute atomic E-state index is 0.209. The fraction of sp³-hybridized carbons (Fsp3) is 0.588. The van der Waals surface area contributed by atoms with Gasteiger partial charge in [-0.25, -0.2) is 0 Å². The Morgan fingerprint density at radius 3 is 2.58 bits per heavy atom. The molecule has 19 heavy (non-hydrogen) atoms. The first-order valence-electron chi connectivity index (χ1n) is 7.58. The zero-order chi connectivity index (χ0) is 13.3. The predicted molar refractivity (Wildman–Crippen MR) is 77.1 cm³/mol. The molecule has 1 fully saturated rings. The molecule has 2 aliphatic rings. The molecule has 0 atom stereocenters. The number of carbonyl (C=O) groups excluding carboxylic acids is 1. The number of fused-ring (bicyclic) bond motifs is 1. The van der Waals surface area contributed by atoms with Gasteiger partial charge in [-0.3, -0.25) is 4.79 Å². The molecule has 2 aliphatic carbocycles. The van der Waals surface area contributed by atoms with E-state index in [2.05, 4.69) is 18.2 Å². The summed E-state index contributed by atoms with van der Waals surface area (Å²) < 4.78 is 0. The standard InChI is InChI=1S/C17H23NO/c18-12-17(8-1-2-9-17)16(19)11-13-6-7-14-4-3-5-15(14)10-13/h6-7,10H,1-5,8-9,11-12,18H2. The molecule has 0 radical (unpaired) electrons. The first-order valence-corrected chi connectivity index (χ1v) is 7.58. The normalized spacial score (nSPS) is 20.5. The van der Waals surface area contributed by atoms with Gasteiger partial charge in [0.1, 0.15) is 5.78 Å². The lowest BCUT2D eigenvalue weighted by Crippen LogP contribution is -2.37. The van der Waals surface area contributed by atoms with Crippen molar-refractivity contribution in [1.82, 2.24) is 0 Å². The summed E-state index contributed by atoms with van der Waals surface area (Å²) in [5.74, 6) is 0.366. The average Bonchev–Trinajstić information content (AvgIpc) is 3.07. The maximum atomic E-state index is 12.6. The monoisotopic (exact) mass is 257 g/mol. The Hall–Kier alpha value is -1.15. The summed E-state index contributed by atoms with van der Waals surface area (Å²) >= 11 is 0. The fourth-order valence-electron chi connectivity index (χ4n) is 3.76. The predicted octanol–water partition coefficient (Wildman–Crippen LogP) is 2.81. The zero-order valence-corrected chi connectivity index (χ0v) is 11.6. The van der Waals surface area contributed by atoms with Crippen LogP contribution in [0, 0.1) is 5.41 Å². The highest BCUT2D eigenvalue weighted by Crippen LogP contribution is 2.39. The Morgan fingerprint density at radius 1 is 1.11 bits per heavy atom. The number of nitrogens with two attached hydrogens (primary N) is 1. The Balaban J connectivity index is 1.76. The van der Waals surface area contributed by atoms with Gasteiger partial charge < -0.3 is 5.73 Å². The van der Waals surface area contributed by atoms with Gasteiger partial charge in [0.05, 0.1) is 0 Å². The third-order valence-electron chi connectivity index (χ3n) is 5.07. The molecule has 0 unspecified atom stereocenters. The summed E-state index contributed by atoms with van der Waals surface area (Å²) in [6, 6.07) is 6.61. The number of aryl methyl sites for hydroxylation is 2. The molecule has 0 heterocycles. The first-order chi connectivity index (χ1) is 9.23. The van der Waals surface area contributed by atoms with E-state index in [-0.39, 0.29) is 5.41 Å². The van der Waals surface area contributed by atoms with Crippen LogP contribution in [0.4, 0.5) is 0 Å². The maximum absolute atomic E-state index is 12.6. The van der Waals surface area contributed by atoms with Crippen molar-refractivity contribution in [1.29, 1.82) is 0 Å². The van der Waals surface area contributed by atoms with Crippen LogP contribution in [-0.4, -0.2) is 12.3 Å². The van der Waals surface area contributed by atoms with E-state index in [0.29, 0.717) is 18.7 Å². The topological polar surface area (TPSA) is 43.1 Å². The van der Waals surface area contributed by atoms with Crippen molar-refractivity contribution in [2.45, 2.75) is 51.4 Å². The first kappa shape index (κ1) is 12.9. The Kier molecular flexibility index (Phi) is 3.44. The molecule has 1 aromatic rings. The number of hydrogen-bond donors (Lipinski definition) is 1. The van der Waals surface area contributed by atoms with E-state index >= 15 is 0 Å². The molecular weight excluding hydrogens is 234 g/mol. The summed E-state index contributed by atoms with van der Waals surface area (Å²) in [6.07, 6.45) is 8.53. The van der Waals surface area contributed by atoms with Crippen LogP contribution in [0.5, 0.6) is 0 Å². The molecule has 2 nitrogen and oxygen atoms in total. The van der Waals surface area contributed by atoms with Crippen molar-refractivity contribution in [3.05, 3.63) is 34.9 Å². The van der Waals surface area contributed by atoms with Gasteiger partial charge in [0, 0.05) is 18.4 Å². The van der Waals surface area contributed by atoms with Crippen LogP contribution in [0.25, 0.3) is 0 Å². The van der Waals surface area contributed by atoms with Crippen LogP contribution in [0.2, 0.25) is 0 Å². The SMILES string of the molecule is NCC1(C(=O)Cc2ccc3c(c2)CCC3)CCCC1. The van der Waals surface area contributed by atoms with Crippen LogP contribution < -0.4 is 5.73 Å². The molecule has 0 aromatic heterocycles.